The van der Waals surface area contributed by atoms with Gasteiger partial charge in [0.05, 0.1) is 17.6 Å². The highest BCUT2D eigenvalue weighted by Crippen LogP contribution is 2.31. The fourth-order valence-electron chi connectivity index (χ4n) is 2.80. The molecule has 0 saturated carbocycles. The molecular formula is C20H20F3N3O3. The molecule has 6 nitrogen and oxygen atoms in total. The van der Waals surface area contributed by atoms with Crippen molar-refractivity contribution in [3.05, 3.63) is 59.9 Å². The van der Waals surface area contributed by atoms with E-state index in [0.29, 0.717) is 19.0 Å². The van der Waals surface area contributed by atoms with E-state index in [0.717, 1.165) is 10.1 Å². The Bertz CT molecular complexity index is 969. The summed E-state index contributed by atoms with van der Waals surface area (Å²) in [6.07, 6.45) is -4.65. The largest absolute Gasteiger partial charge is 0.491 e. The number of fused-ring (bicyclic) bond motifs is 1. The van der Waals surface area contributed by atoms with Crippen LogP contribution in [0, 0.1) is 0 Å². The number of hydrogen-bond donors (Lipinski definition) is 1. The van der Waals surface area contributed by atoms with Crippen molar-refractivity contribution in [2.75, 3.05) is 20.3 Å². The van der Waals surface area contributed by atoms with E-state index in [1.807, 2.05) is 0 Å². The van der Waals surface area contributed by atoms with E-state index in [1.54, 1.807) is 43.5 Å². The minimum Gasteiger partial charge on any atom is -0.491 e. The summed E-state index contributed by atoms with van der Waals surface area (Å²) in [5, 5.41) is 2.64. The number of carbonyl (C=O) groups is 1. The highest BCUT2D eigenvalue weighted by Gasteiger charge is 2.37. The number of rotatable bonds is 8. The Kier molecular flexibility index (Phi) is 6.38. The number of hydrogen-bond acceptors (Lipinski definition) is 4. The molecule has 3 rings (SSSR count). The molecule has 1 N–H and O–H groups in total. The summed E-state index contributed by atoms with van der Waals surface area (Å²) in [5.41, 5.74) is 1.24. The van der Waals surface area contributed by atoms with E-state index >= 15 is 0 Å². The summed E-state index contributed by atoms with van der Waals surface area (Å²) >= 11 is 0. The van der Waals surface area contributed by atoms with Crippen LogP contribution in [0.5, 0.6) is 5.75 Å². The first-order chi connectivity index (χ1) is 13.9. The first-order valence-corrected chi connectivity index (χ1v) is 8.88. The van der Waals surface area contributed by atoms with Gasteiger partial charge in [-0.05, 0) is 29.8 Å². The third-order valence-electron chi connectivity index (χ3n) is 4.18. The summed E-state index contributed by atoms with van der Waals surface area (Å²) in [6.45, 7) is 0.604. The number of ether oxygens (including phenoxy) is 2. The third kappa shape index (κ3) is 5.26. The lowest BCUT2D eigenvalue weighted by Crippen LogP contribution is -2.29. The maximum atomic E-state index is 13.3. The van der Waals surface area contributed by atoms with Gasteiger partial charge in [0.1, 0.15) is 18.9 Å². The Hall–Kier alpha value is -3.07. The van der Waals surface area contributed by atoms with Gasteiger partial charge in [-0.15, -0.1) is 0 Å². The lowest BCUT2D eigenvalue weighted by Gasteiger charge is -2.12. The molecule has 3 aromatic rings. The molecule has 0 radical (unpaired) electrons. The van der Waals surface area contributed by atoms with Crippen molar-refractivity contribution in [2.45, 2.75) is 19.3 Å². The van der Waals surface area contributed by atoms with Crippen molar-refractivity contribution in [2.24, 2.45) is 0 Å². The van der Waals surface area contributed by atoms with Crippen molar-refractivity contribution in [1.29, 1.82) is 0 Å². The first-order valence-electron chi connectivity index (χ1n) is 8.88. The zero-order valence-electron chi connectivity index (χ0n) is 15.7. The van der Waals surface area contributed by atoms with Crippen LogP contribution >= 0.6 is 0 Å². The first kappa shape index (κ1) is 20.7. The molecule has 0 bridgehead atoms. The second-order valence-corrected chi connectivity index (χ2v) is 6.27. The van der Waals surface area contributed by atoms with Gasteiger partial charge in [0.2, 0.25) is 11.7 Å². The van der Waals surface area contributed by atoms with Crippen LogP contribution in [0.4, 0.5) is 13.2 Å². The van der Waals surface area contributed by atoms with Gasteiger partial charge in [-0.2, -0.15) is 13.2 Å². The van der Waals surface area contributed by atoms with Gasteiger partial charge in [0.15, 0.2) is 0 Å². The average molecular weight is 407 g/mol. The Morgan fingerprint density at radius 1 is 1.10 bits per heavy atom. The lowest BCUT2D eigenvalue weighted by molar-refractivity contribution is -0.147. The molecule has 0 spiro atoms. The van der Waals surface area contributed by atoms with Gasteiger partial charge in [0.25, 0.3) is 0 Å². The molecule has 0 aliphatic carbocycles. The van der Waals surface area contributed by atoms with E-state index in [1.165, 1.54) is 12.1 Å². The Morgan fingerprint density at radius 3 is 2.52 bits per heavy atom. The van der Waals surface area contributed by atoms with Crippen molar-refractivity contribution in [1.82, 2.24) is 14.9 Å². The van der Waals surface area contributed by atoms with Crippen LogP contribution in [0.3, 0.4) is 0 Å². The molecule has 154 valence electrons. The zero-order chi connectivity index (χ0) is 20.9. The number of aromatic nitrogens is 2. The second-order valence-electron chi connectivity index (χ2n) is 6.27. The molecule has 1 amide bonds. The second kappa shape index (κ2) is 8.95. The fraction of sp³-hybridized carbons (Fsp3) is 0.300. The summed E-state index contributed by atoms with van der Waals surface area (Å²) < 4.78 is 51.1. The number of nitrogens with zero attached hydrogens (tertiary/aromatic N) is 2. The Balaban J connectivity index is 1.64. The van der Waals surface area contributed by atoms with Crippen LogP contribution in [0.15, 0.2) is 48.5 Å². The number of para-hydroxylation sites is 2. The van der Waals surface area contributed by atoms with Gasteiger partial charge in [-0.3, -0.25) is 4.79 Å². The number of benzene rings is 2. The maximum absolute atomic E-state index is 13.3. The Labute approximate surface area is 165 Å². The SMILES string of the molecule is COCCOc1ccc(CNC(=O)Cn2c(C(F)(F)F)nc3ccccc32)cc1. The number of alkyl halides is 3. The van der Waals surface area contributed by atoms with E-state index < -0.39 is 24.5 Å². The molecule has 0 aliphatic heterocycles. The number of carbonyl (C=O) groups excluding carboxylic acids is 1. The fourth-order valence-corrected chi connectivity index (χ4v) is 2.80. The van der Waals surface area contributed by atoms with Crippen LogP contribution in [0.2, 0.25) is 0 Å². The summed E-state index contributed by atoms with van der Waals surface area (Å²) in [7, 11) is 1.58. The van der Waals surface area contributed by atoms with Gasteiger partial charge in [0, 0.05) is 13.7 Å². The van der Waals surface area contributed by atoms with Crippen LogP contribution in [0.25, 0.3) is 11.0 Å². The molecular weight excluding hydrogens is 387 g/mol. The topological polar surface area (TPSA) is 65.4 Å². The maximum Gasteiger partial charge on any atom is 0.449 e. The molecule has 2 aromatic carbocycles. The van der Waals surface area contributed by atoms with Gasteiger partial charge < -0.3 is 19.4 Å². The van der Waals surface area contributed by atoms with Crippen molar-refractivity contribution in [3.63, 3.8) is 0 Å². The van der Waals surface area contributed by atoms with E-state index in [2.05, 4.69) is 10.3 Å². The molecule has 0 unspecified atom stereocenters. The number of amides is 1. The van der Waals surface area contributed by atoms with Crippen molar-refractivity contribution in [3.8, 4) is 5.75 Å². The predicted molar refractivity (Wildman–Crippen MR) is 100 cm³/mol. The minimum atomic E-state index is -4.65. The monoisotopic (exact) mass is 407 g/mol. The zero-order valence-corrected chi connectivity index (χ0v) is 15.7. The van der Waals surface area contributed by atoms with E-state index in [9.17, 15) is 18.0 Å². The number of methoxy groups -OCH3 is 1. The third-order valence-corrected chi connectivity index (χ3v) is 4.18. The van der Waals surface area contributed by atoms with Crippen molar-refractivity contribution < 1.29 is 27.4 Å². The standard InChI is InChI=1S/C20H20F3N3O3/c1-28-10-11-29-15-8-6-14(7-9-15)12-24-18(27)13-26-17-5-3-2-4-16(17)25-19(26)20(21,22)23/h2-9H,10-13H2,1H3,(H,24,27). The molecule has 9 heteroatoms. The molecule has 0 aliphatic rings. The normalized spacial score (nSPS) is 11.6. The van der Waals surface area contributed by atoms with Crippen LogP contribution in [-0.2, 0) is 28.8 Å². The average Bonchev–Trinajstić information content (AvgIpc) is 3.07. The predicted octanol–water partition coefficient (Wildman–Crippen LogP) is 3.40. The smallest absolute Gasteiger partial charge is 0.449 e. The highest BCUT2D eigenvalue weighted by molar-refractivity contribution is 5.81. The number of halogens is 3. The van der Waals surface area contributed by atoms with Gasteiger partial charge in [-0.25, -0.2) is 4.98 Å². The summed E-state index contributed by atoms with van der Waals surface area (Å²) in [6, 6.07) is 13.2. The summed E-state index contributed by atoms with van der Waals surface area (Å²) in [4.78, 5) is 15.9. The van der Waals surface area contributed by atoms with E-state index in [-0.39, 0.29) is 17.6 Å². The molecule has 0 fully saturated rings. The van der Waals surface area contributed by atoms with Crippen molar-refractivity contribution >= 4 is 16.9 Å². The van der Waals surface area contributed by atoms with Gasteiger partial charge in [-0.1, -0.05) is 24.3 Å². The molecule has 29 heavy (non-hydrogen) atoms. The molecule has 1 heterocycles. The Morgan fingerprint density at radius 2 is 1.83 bits per heavy atom. The van der Waals surface area contributed by atoms with Crippen LogP contribution in [0.1, 0.15) is 11.4 Å². The van der Waals surface area contributed by atoms with Crippen LogP contribution in [-0.4, -0.2) is 35.8 Å². The number of imidazole rings is 1. The highest BCUT2D eigenvalue weighted by atomic mass is 19.4. The quantitative estimate of drug-likeness (QED) is 0.582. The summed E-state index contributed by atoms with van der Waals surface area (Å²) in [5.74, 6) is -0.970. The minimum absolute atomic E-state index is 0.186. The van der Waals surface area contributed by atoms with Crippen LogP contribution < -0.4 is 10.1 Å². The van der Waals surface area contributed by atoms with Gasteiger partial charge >= 0.3 is 6.18 Å². The molecule has 0 atom stereocenters. The molecule has 1 aromatic heterocycles. The number of nitrogens with one attached hydrogen (secondary N) is 1. The van der Waals surface area contributed by atoms with E-state index in [4.69, 9.17) is 9.47 Å². The lowest BCUT2D eigenvalue weighted by atomic mass is 10.2. The molecule has 0 saturated heterocycles.